The second-order valence-electron chi connectivity index (χ2n) is 6.88. The zero-order valence-electron chi connectivity index (χ0n) is 16.4. The molecule has 4 rings (SSSR count). The Bertz CT molecular complexity index is 1350. The number of sulfonamides is 1. The normalized spacial score (nSPS) is 11.9. The molecule has 2 heterocycles. The van der Waals surface area contributed by atoms with E-state index < -0.39 is 16.6 Å². The Kier molecular flexibility index (Phi) is 5.42. The number of hydrogen-bond acceptors (Lipinski definition) is 5. The lowest BCUT2D eigenvalue weighted by atomic mass is 10.1. The SMILES string of the molecule is Cc1nc2cnc(-c3ccc(S(N)(=O)=O)cc3)cn2c1Cc1ccccc1OC(F)F. The van der Waals surface area contributed by atoms with E-state index in [-0.39, 0.29) is 10.6 Å². The zero-order valence-corrected chi connectivity index (χ0v) is 17.2. The van der Waals surface area contributed by atoms with E-state index in [0.717, 1.165) is 11.4 Å². The predicted molar refractivity (Wildman–Crippen MR) is 110 cm³/mol. The number of nitrogens with zero attached hydrogens (tertiary/aromatic N) is 3. The van der Waals surface area contributed by atoms with Gasteiger partial charge in [-0.2, -0.15) is 8.78 Å². The van der Waals surface area contributed by atoms with E-state index in [1.165, 1.54) is 18.2 Å². The molecule has 2 N–H and O–H groups in total. The fraction of sp³-hybridized carbons (Fsp3) is 0.143. The molecule has 0 saturated carbocycles. The molecule has 0 aliphatic carbocycles. The van der Waals surface area contributed by atoms with Crippen molar-refractivity contribution in [2.45, 2.75) is 24.9 Å². The summed E-state index contributed by atoms with van der Waals surface area (Å²) in [6.07, 6.45) is 3.69. The van der Waals surface area contributed by atoms with Crippen LogP contribution in [0.2, 0.25) is 0 Å². The van der Waals surface area contributed by atoms with Crippen molar-refractivity contribution in [1.82, 2.24) is 14.4 Å². The van der Waals surface area contributed by atoms with Crippen LogP contribution in [0.3, 0.4) is 0 Å². The number of para-hydroxylation sites is 1. The number of aryl methyl sites for hydroxylation is 1. The van der Waals surface area contributed by atoms with E-state index in [2.05, 4.69) is 14.7 Å². The molecule has 0 aliphatic heterocycles. The molecule has 0 spiro atoms. The van der Waals surface area contributed by atoms with Crippen molar-refractivity contribution >= 4 is 15.7 Å². The van der Waals surface area contributed by atoms with Crippen LogP contribution in [0.25, 0.3) is 16.9 Å². The first-order valence-electron chi connectivity index (χ1n) is 9.22. The van der Waals surface area contributed by atoms with Gasteiger partial charge in [-0.3, -0.25) is 9.38 Å². The Balaban J connectivity index is 1.74. The molecule has 0 radical (unpaired) electrons. The molecular weight excluding hydrogens is 426 g/mol. The molecular formula is C21H18F2N4O3S. The first-order valence-corrected chi connectivity index (χ1v) is 10.8. The summed E-state index contributed by atoms with van der Waals surface area (Å²) in [7, 11) is -3.79. The number of alkyl halides is 2. The van der Waals surface area contributed by atoms with Gasteiger partial charge in [-0.05, 0) is 25.1 Å². The standard InChI is InChI=1S/C21H18F2N4O3S/c1-13-18(10-15-4-2-3-5-19(15)30-21(22)23)27-12-17(25-11-20(27)26-13)14-6-8-16(9-7-14)31(24,28)29/h2-9,11-12,21H,10H2,1H3,(H2,24,28,29). The number of hydrogen-bond donors (Lipinski definition) is 1. The second-order valence-corrected chi connectivity index (χ2v) is 8.44. The highest BCUT2D eigenvalue weighted by atomic mass is 32.2. The Labute approximate surface area is 177 Å². The van der Waals surface area contributed by atoms with Crippen molar-refractivity contribution in [2.75, 3.05) is 0 Å². The number of imidazole rings is 1. The molecule has 0 saturated heterocycles. The van der Waals surface area contributed by atoms with Gasteiger partial charge in [0, 0.05) is 23.7 Å². The van der Waals surface area contributed by atoms with Gasteiger partial charge in [0.05, 0.1) is 28.2 Å². The molecule has 10 heteroatoms. The average Bonchev–Trinajstić information content (AvgIpc) is 3.03. The molecule has 0 fully saturated rings. The summed E-state index contributed by atoms with van der Waals surface area (Å²) >= 11 is 0. The Hall–Kier alpha value is -3.37. The summed E-state index contributed by atoms with van der Waals surface area (Å²) in [5.74, 6) is 0.111. The largest absolute Gasteiger partial charge is 0.435 e. The van der Waals surface area contributed by atoms with Gasteiger partial charge in [0.15, 0.2) is 5.65 Å². The van der Waals surface area contributed by atoms with Gasteiger partial charge in [0.1, 0.15) is 5.75 Å². The van der Waals surface area contributed by atoms with Gasteiger partial charge in [-0.15, -0.1) is 0 Å². The van der Waals surface area contributed by atoms with Crippen molar-refractivity contribution in [3.8, 4) is 17.0 Å². The molecule has 2 aromatic carbocycles. The number of rotatable bonds is 6. The third-order valence-electron chi connectivity index (χ3n) is 4.83. The van der Waals surface area contributed by atoms with Gasteiger partial charge in [0.25, 0.3) is 0 Å². The fourth-order valence-electron chi connectivity index (χ4n) is 3.34. The van der Waals surface area contributed by atoms with Crippen LogP contribution in [0.4, 0.5) is 8.78 Å². The number of halogens is 2. The summed E-state index contributed by atoms with van der Waals surface area (Å²) in [5.41, 5.74) is 4.01. The van der Waals surface area contributed by atoms with Gasteiger partial charge in [0.2, 0.25) is 10.0 Å². The lowest BCUT2D eigenvalue weighted by molar-refractivity contribution is -0.0503. The maximum Gasteiger partial charge on any atom is 0.387 e. The number of nitrogens with two attached hydrogens (primary N) is 1. The van der Waals surface area contributed by atoms with E-state index in [9.17, 15) is 17.2 Å². The molecule has 7 nitrogen and oxygen atoms in total. The van der Waals surface area contributed by atoms with Crippen molar-refractivity contribution in [1.29, 1.82) is 0 Å². The third-order valence-corrected chi connectivity index (χ3v) is 5.76. The van der Waals surface area contributed by atoms with Gasteiger partial charge in [-0.25, -0.2) is 18.5 Å². The molecule has 2 aromatic heterocycles. The van der Waals surface area contributed by atoms with Crippen molar-refractivity contribution in [2.24, 2.45) is 5.14 Å². The van der Waals surface area contributed by atoms with E-state index in [4.69, 9.17) is 5.14 Å². The molecule has 0 atom stereocenters. The van der Waals surface area contributed by atoms with Crippen LogP contribution in [-0.2, 0) is 16.4 Å². The van der Waals surface area contributed by atoms with Crippen LogP contribution in [0.15, 0.2) is 65.8 Å². The van der Waals surface area contributed by atoms with Gasteiger partial charge < -0.3 is 4.74 Å². The minimum atomic E-state index is -3.79. The van der Waals surface area contributed by atoms with Gasteiger partial charge >= 0.3 is 6.61 Å². The average molecular weight is 444 g/mol. The van der Waals surface area contributed by atoms with E-state index in [1.807, 2.05) is 11.3 Å². The number of benzene rings is 2. The van der Waals surface area contributed by atoms with Gasteiger partial charge in [-0.1, -0.05) is 30.3 Å². The first-order chi connectivity index (χ1) is 14.7. The highest BCUT2D eigenvalue weighted by molar-refractivity contribution is 7.89. The van der Waals surface area contributed by atoms with Crippen LogP contribution < -0.4 is 9.88 Å². The van der Waals surface area contributed by atoms with Crippen LogP contribution in [0.5, 0.6) is 5.75 Å². The van der Waals surface area contributed by atoms with Crippen molar-refractivity contribution < 1.29 is 21.9 Å². The lowest BCUT2D eigenvalue weighted by Gasteiger charge is -2.11. The predicted octanol–water partition coefficient (Wildman–Crippen LogP) is 3.54. The fourth-order valence-corrected chi connectivity index (χ4v) is 3.86. The topological polar surface area (TPSA) is 99.6 Å². The monoisotopic (exact) mass is 444 g/mol. The quantitative estimate of drug-likeness (QED) is 0.490. The Morgan fingerprint density at radius 2 is 1.84 bits per heavy atom. The second kappa shape index (κ2) is 8.05. The number of aromatic nitrogens is 3. The van der Waals surface area contributed by atoms with E-state index in [0.29, 0.717) is 28.9 Å². The van der Waals surface area contributed by atoms with Crippen molar-refractivity contribution in [3.05, 3.63) is 77.9 Å². The highest BCUT2D eigenvalue weighted by Gasteiger charge is 2.16. The molecule has 0 unspecified atom stereocenters. The van der Waals surface area contributed by atoms with Crippen molar-refractivity contribution in [3.63, 3.8) is 0 Å². The summed E-state index contributed by atoms with van der Waals surface area (Å²) in [6, 6.07) is 12.7. The minimum absolute atomic E-state index is 0.00660. The van der Waals surface area contributed by atoms with E-state index >= 15 is 0 Å². The van der Waals surface area contributed by atoms with Crippen LogP contribution in [-0.4, -0.2) is 29.4 Å². The highest BCUT2D eigenvalue weighted by Crippen LogP contribution is 2.26. The molecule has 31 heavy (non-hydrogen) atoms. The first kappa shape index (κ1) is 20.9. The summed E-state index contributed by atoms with van der Waals surface area (Å²) in [4.78, 5) is 8.90. The van der Waals surface area contributed by atoms with E-state index in [1.54, 1.807) is 42.7 Å². The molecule has 4 aromatic rings. The van der Waals surface area contributed by atoms with Crippen LogP contribution in [0.1, 0.15) is 17.0 Å². The summed E-state index contributed by atoms with van der Waals surface area (Å²) in [5, 5.41) is 5.15. The number of primary sulfonamides is 1. The third kappa shape index (κ3) is 4.39. The number of fused-ring (bicyclic) bond motifs is 1. The molecule has 0 aliphatic rings. The van der Waals surface area contributed by atoms with Crippen LogP contribution >= 0.6 is 0 Å². The lowest BCUT2D eigenvalue weighted by Crippen LogP contribution is -2.11. The summed E-state index contributed by atoms with van der Waals surface area (Å²) < 4.78 is 54.9. The smallest absolute Gasteiger partial charge is 0.387 e. The number of ether oxygens (including phenoxy) is 1. The minimum Gasteiger partial charge on any atom is -0.435 e. The Morgan fingerprint density at radius 3 is 2.52 bits per heavy atom. The van der Waals surface area contributed by atoms with Crippen LogP contribution in [0, 0.1) is 6.92 Å². The zero-order chi connectivity index (χ0) is 22.2. The summed E-state index contributed by atoms with van der Waals surface area (Å²) in [6.45, 7) is -1.08. The molecule has 160 valence electrons. The molecule has 0 bridgehead atoms. The molecule has 0 amide bonds. The maximum atomic E-state index is 12.8. The maximum absolute atomic E-state index is 12.8. The Morgan fingerprint density at radius 1 is 1.13 bits per heavy atom.